The second kappa shape index (κ2) is 6.25. The summed E-state index contributed by atoms with van der Waals surface area (Å²) >= 11 is 11.7. The Morgan fingerprint density at radius 3 is 2.50 bits per heavy atom. The van der Waals surface area contributed by atoms with Crippen molar-refractivity contribution < 1.29 is 14.3 Å². The predicted octanol–water partition coefficient (Wildman–Crippen LogP) is 4.54. The molecule has 2 aromatic rings. The summed E-state index contributed by atoms with van der Waals surface area (Å²) in [6.07, 6.45) is 0.186. The summed E-state index contributed by atoms with van der Waals surface area (Å²) in [5.74, 6) is -2.18. The maximum Gasteiger partial charge on any atom is 0.311 e. The summed E-state index contributed by atoms with van der Waals surface area (Å²) in [4.78, 5) is 11.4. The highest BCUT2D eigenvalue weighted by Crippen LogP contribution is 2.28. The Labute approximate surface area is 125 Å². The molecule has 0 aliphatic carbocycles. The van der Waals surface area contributed by atoms with E-state index in [9.17, 15) is 14.3 Å². The van der Waals surface area contributed by atoms with Crippen LogP contribution >= 0.6 is 23.2 Å². The Morgan fingerprint density at radius 1 is 1.15 bits per heavy atom. The Hall–Kier alpha value is -1.58. The van der Waals surface area contributed by atoms with Crippen molar-refractivity contribution >= 4 is 29.2 Å². The van der Waals surface area contributed by atoms with Crippen molar-refractivity contribution in [3.05, 3.63) is 69.5 Å². The van der Waals surface area contributed by atoms with Crippen LogP contribution in [0.25, 0.3) is 0 Å². The molecular formula is C15H11Cl2FO2. The number of halogens is 3. The van der Waals surface area contributed by atoms with E-state index in [0.29, 0.717) is 21.2 Å². The summed E-state index contributed by atoms with van der Waals surface area (Å²) in [5.41, 5.74) is 1.15. The largest absolute Gasteiger partial charge is 0.481 e. The lowest BCUT2D eigenvalue weighted by molar-refractivity contribution is -0.138. The second-order valence-electron chi connectivity index (χ2n) is 4.40. The minimum absolute atomic E-state index is 0.186. The Bertz CT molecular complexity index is 644. The third-order valence-corrected chi connectivity index (χ3v) is 3.71. The fraction of sp³-hybridized carbons (Fsp3) is 0.133. The maximum atomic E-state index is 13.2. The zero-order chi connectivity index (χ0) is 14.7. The molecule has 104 valence electrons. The molecule has 0 fully saturated rings. The molecule has 0 heterocycles. The minimum atomic E-state index is -0.993. The molecule has 0 radical (unpaired) electrons. The van der Waals surface area contributed by atoms with E-state index < -0.39 is 11.9 Å². The molecule has 0 bridgehead atoms. The van der Waals surface area contributed by atoms with E-state index in [1.807, 2.05) is 0 Å². The topological polar surface area (TPSA) is 37.3 Å². The van der Waals surface area contributed by atoms with Gasteiger partial charge in [-0.15, -0.1) is 0 Å². The van der Waals surface area contributed by atoms with Crippen molar-refractivity contribution in [1.29, 1.82) is 0 Å². The van der Waals surface area contributed by atoms with Crippen LogP contribution in [0.3, 0.4) is 0 Å². The molecule has 2 nitrogen and oxygen atoms in total. The molecule has 1 unspecified atom stereocenters. The number of hydrogen-bond donors (Lipinski definition) is 1. The van der Waals surface area contributed by atoms with Gasteiger partial charge >= 0.3 is 5.97 Å². The molecule has 2 aromatic carbocycles. The first-order valence-corrected chi connectivity index (χ1v) is 6.65. The quantitative estimate of drug-likeness (QED) is 0.899. The van der Waals surface area contributed by atoms with Gasteiger partial charge in [0.1, 0.15) is 5.82 Å². The van der Waals surface area contributed by atoms with Gasteiger partial charge in [0.25, 0.3) is 0 Å². The highest BCUT2D eigenvalue weighted by molar-refractivity contribution is 6.42. The molecule has 0 aromatic heterocycles. The number of rotatable bonds is 4. The van der Waals surface area contributed by atoms with Crippen molar-refractivity contribution in [2.45, 2.75) is 12.3 Å². The zero-order valence-corrected chi connectivity index (χ0v) is 11.8. The highest BCUT2D eigenvalue weighted by atomic mass is 35.5. The number of hydrogen-bond acceptors (Lipinski definition) is 1. The smallest absolute Gasteiger partial charge is 0.311 e. The van der Waals surface area contributed by atoms with Gasteiger partial charge < -0.3 is 5.11 Å². The van der Waals surface area contributed by atoms with Gasteiger partial charge in [-0.05, 0) is 41.8 Å². The van der Waals surface area contributed by atoms with Crippen molar-refractivity contribution in [2.24, 2.45) is 0 Å². The number of carboxylic acids is 1. The predicted molar refractivity (Wildman–Crippen MR) is 76.9 cm³/mol. The van der Waals surface area contributed by atoms with Crippen molar-refractivity contribution in [3.63, 3.8) is 0 Å². The molecular weight excluding hydrogens is 302 g/mol. The lowest BCUT2D eigenvalue weighted by Crippen LogP contribution is -2.14. The molecule has 0 amide bonds. The van der Waals surface area contributed by atoms with Gasteiger partial charge in [0, 0.05) is 0 Å². The molecule has 0 aliphatic heterocycles. The highest BCUT2D eigenvalue weighted by Gasteiger charge is 2.21. The van der Waals surface area contributed by atoms with Gasteiger partial charge in [-0.3, -0.25) is 4.79 Å². The third kappa shape index (κ3) is 3.50. The Kier molecular flexibility index (Phi) is 4.63. The monoisotopic (exact) mass is 312 g/mol. The van der Waals surface area contributed by atoms with Crippen molar-refractivity contribution in [3.8, 4) is 0 Å². The first-order chi connectivity index (χ1) is 9.47. The Morgan fingerprint density at radius 2 is 1.90 bits per heavy atom. The zero-order valence-electron chi connectivity index (χ0n) is 10.3. The average Bonchev–Trinajstić information content (AvgIpc) is 2.39. The maximum absolute atomic E-state index is 13.2. The summed E-state index contributed by atoms with van der Waals surface area (Å²) < 4.78 is 13.2. The molecule has 0 saturated heterocycles. The normalized spacial score (nSPS) is 12.2. The Balaban J connectivity index is 2.32. The van der Waals surface area contributed by atoms with Gasteiger partial charge in [0.15, 0.2) is 0 Å². The van der Waals surface area contributed by atoms with Gasteiger partial charge in [0.2, 0.25) is 0 Å². The third-order valence-electron chi connectivity index (χ3n) is 2.97. The molecule has 1 atom stereocenters. The van der Waals surface area contributed by atoms with Crippen LogP contribution in [0.15, 0.2) is 42.5 Å². The number of carbonyl (C=O) groups is 1. The van der Waals surface area contributed by atoms with Crippen LogP contribution in [0.1, 0.15) is 17.0 Å². The fourth-order valence-electron chi connectivity index (χ4n) is 1.98. The summed E-state index contributed by atoms with van der Waals surface area (Å²) in [5, 5.41) is 10.0. The van der Waals surface area contributed by atoms with Crippen LogP contribution in [0.5, 0.6) is 0 Å². The van der Waals surface area contributed by atoms with Gasteiger partial charge in [-0.1, -0.05) is 41.4 Å². The van der Waals surface area contributed by atoms with Crippen LogP contribution in [-0.2, 0) is 11.2 Å². The van der Waals surface area contributed by atoms with Crippen molar-refractivity contribution in [1.82, 2.24) is 0 Å². The molecule has 0 saturated carbocycles. The summed E-state index contributed by atoms with van der Waals surface area (Å²) in [6, 6.07) is 10.6. The van der Waals surface area contributed by atoms with Gasteiger partial charge in [0.05, 0.1) is 16.0 Å². The van der Waals surface area contributed by atoms with E-state index in [4.69, 9.17) is 23.2 Å². The van der Waals surface area contributed by atoms with Gasteiger partial charge in [-0.25, -0.2) is 4.39 Å². The second-order valence-corrected chi connectivity index (χ2v) is 5.21. The van der Waals surface area contributed by atoms with Crippen LogP contribution in [0.4, 0.5) is 4.39 Å². The molecule has 1 N–H and O–H groups in total. The summed E-state index contributed by atoms with van der Waals surface area (Å²) in [7, 11) is 0. The van der Waals surface area contributed by atoms with E-state index in [1.54, 1.807) is 24.3 Å². The molecule has 5 heteroatoms. The molecule has 2 rings (SSSR count). The fourth-order valence-corrected chi connectivity index (χ4v) is 2.28. The van der Waals surface area contributed by atoms with Gasteiger partial charge in [-0.2, -0.15) is 0 Å². The lowest BCUT2D eigenvalue weighted by Gasteiger charge is -2.13. The van der Waals surface area contributed by atoms with Crippen LogP contribution in [-0.4, -0.2) is 11.1 Å². The minimum Gasteiger partial charge on any atom is -0.481 e. The number of carboxylic acid groups (broad SMARTS) is 1. The van der Waals surface area contributed by atoms with E-state index in [1.165, 1.54) is 18.2 Å². The van der Waals surface area contributed by atoms with E-state index in [0.717, 1.165) is 0 Å². The van der Waals surface area contributed by atoms with Crippen LogP contribution in [0, 0.1) is 5.82 Å². The van der Waals surface area contributed by atoms with E-state index >= 15 is 0 Å². The molecule has 20 heavy (non-hydrogen) atoms. The first kappa shape index (κ1) is 14.8. The average molecular weight is 313 g/mol. The first-order valence-electron chi connectivity index (χ1n) is 5.89. The molecule has 0 spiro atoms. The van der Waals surface area contributed by atoms with Crippen LogP contribution in [0.2, 0.25) is 10.0 Å². The van der Waals surface area contributed by atoms with Crippen molar-refractivity contribution in [2.75, 3.05) is 0 Å². The van der Waals surface area contributed by atoms with E-state index in [2.05, 4.69) is 0 Å². The van der Waals surface area contributed by atoms with E-state index in [-0.39, 0.29) is 12.2 Å². The number of aliphatic carboxylic acids is 1. The SMILES string of the molecule is O=C(O)C(Cc1cccc(F)c1)c1ccc(Cl)c(Cl)c1. The number of benzene rings is 2. The summed E-state index contributed by atoms with van der Waals surface area (Å²) in [6.45, 7) is 0. The lowest BCUT2D eigenvalue weighted by atomic mass is 9.92. The standard InChI is InChI=1S/C15H11Cl2FO2/c16-13-5-4-10(8-14(13)17)12(15(19)20)7-9-2-1-3-11(18)6-9/h1-6,8,12H,7H2,(H,19,20). The molecule has 0 aliphatic rings. The van der Waals surface area contributed by atoms with Crippen LogP contribution < -0.4 is 0 Å².